The standard InChI is InChI=1S/C12H15BClNO6/c1-3-15(18)12(16)9-8(19-4-2)5-7(14)10-11(9)21-13(17)6-20-10/h5,15,17H,3-4,6H2,1-2H3. The van der Waals surface area contributed by atoms with E-state index in [4.69, 9.17) is 25.7 Å². The van der Waals surface area contributed by atoms with Crippen molar-refractivity contribution in [3.63, 3.8) is 0 Å². The molecular formula is C12H15BClNO6. The number of hydrogen-bond acceptors (Lipinski definition) is 6. The molecule has 1 atom stereocenters. The zero-order valence-electron chi connectivity index (χ0n) is 11.6. The number of carbonyl (C=O) groups excluding carboxylic acids is 1. The highest BCUT2D eigenvalue weighted by molar-refractivity contribution is 6.44. The maximum atomic E-state index is 12.3. The minimum absolute atomic E-state index is 0.0468. The van der Waals surface area contributed by atoms with Crippen LogP contribution in [0.2, 0.25) is 5.02 Å². The summed E-state index contributed by atoms with van der Waals surface area (Å²) in [5.74, 6) is -0.563. The summed E-state index contributed by atoms with van der Waals surface area (Å²) in [5.41, 5.74) is -0.0677. The SMILES string of the molecule is CCOc1cc(Cl)c2c(c1C(=O)[NH+]([O-])CC)OB(O)CO2. The number of amides is 1. The van der Waals surface area contributed by atoms with Gasteiger partial charge in [-0.15, -0.1) is 0 Å². The van der Waals surface area contributed by atoms with E-state index < -0.39 is 18.1 Å². The summed E-state index contributed by atoms with van der Waals surface area (Å²) in [6, 6.07) is 1.40. The van der Waals surface area contributed by atoms with Gasteiger partial charge >= 0.3 is 13.0 Å². The third-order valence-electron chi connectivity index (χ3n) is 2.88. The highest BCUT2D eigenvalue weighted by Crippen LogP contribution is 2.45. The molecule has 1 heterocycles. The smallest absolute Gasteiger partial charge is 0.563 e. The zero-order chi connectivity index (χ0) is 15.6. The summed E-state index contributed by atoms with van der Waals surface area (Å²) in [7, 11) is -1.24. The molecule has 0 aromatic heterocycles. The Labute approximate surface area is 127 Å². The molecule has 0 saturated heterocycles. The first-order chi connectivity index (χ1) is 9.99. The van der Waals surface area contributed by atoms with Gasteiger partial charge in [-0.05, 0) is 13.8 Å². The van der Waals surface area contributed by atoms with Gasteiger partial charge in [0, 0.05) is 6.07 Å². The van der Waals surface area contributed by atoms with Crippen molar-refractivity contribution in [1.82, 2.24) is 0 Å². The number of halogens is 1. The van der Waals surface area contributed by atoms with Gasteiger partial charge in [-0.25, -0.2) is 4.79 Å². The van der Waals surface area contributed by atoms with E-state index in [2.05, 4.69) is 0 Å². The van der Waals surface area contributed by atoms with Crippen molar-refractivity contribution in [3.8, 4) is 17.2 Å². The minimum atomic E-state index is -1.24. The monoisotopic (exact) mass is 315 g/mol. The van der Waals surface area contributed by atoms with Crippen molar-refractivity contribution in [2.75, 3.05) is 19.7 Å². The van der Waals surface area contributed by atoms with Gasteiger partial charge in [-0.2, -0.15) is 0 Å². The molecule has 0 bridgehead atoms. The second-order valence-corrected chi connectivity index (χ2v) is 4.72. The number of benzene rings is 1. The maximum Gasteiger partial charge on any atom is 0.563 e. The molecule has 1 amide bonds. The number of ether oxygens (including phenoxy) is 2. The number of hydroxylamine groups is 2. The molecule has 0 saturated carbocycles. The molecule has 9 heteroatoms. The molecule has 21 heavy (non-hydrogen) atoms. The molecule has 1 unspecified atom stereocenters. The van der Waals surface area contributed by atoms with Crippen molar-refractivity contribution in [2.45, 2.75) is 13.8 Å². The van der Waals surface area contributed by atoms with Gasteiger partial charge in [0.2, 0.25) is 0 Å². The van der Waals surface area contributed by atoms with E-state index >= 15 is 0 Å². The lowest BCUT2D eigenvalue weighted by atomic mass is 9.91. The molecule has 114 valence electrons. The fourth-order valence-corrected chi connectivity index (χ4v) is 2.18. The summed E-state index contributed by atoms with van der Waals surface area (Å²) in [4.78, 5) is 12.3. The first-order valence-corrected chi connectivity index (χ1v) is 6.91. The summed E-state index contributed by atoms with van der Waals surface area (Å²) >= 11 is 6.06. The van der Waals surface area contributed by atoms with E-state index in [9.17, 15) is 15.0 Å². The summed E-state index contributed by atoms with van der Waals surface area (Å²) in [6.45, 7) is 3.52. The predicted octanol–water partition coefficient (Wildman–Crippen LogP) is 0.0724. The van der Waals surface area contributed by atoms with Crippen LogP contribution in [0.25, 0.3) is 0 Å². The Morgan fingerprint density at radius 3 is 2.90 bits per heavy atom. The quantitative estimate of drug-likeness (QED) is 0.603. The Balaban J connectivity index is 2.60. The lowest BCUT2D eigenvalue weighted by molar-refractivity contribution is -0.755. The Kier molecular flexibility index (Phi) is 4.94. The van der Waals surface area contributed by atoms with Crippen molar-refractivity contribution >= 4 is 24.6 Å². The third-order valence-corrected chi connectivity index (χ3v) is 3.16. The number of rotatable bonds is 4. The average Bonchev–Trinajstić information content (AvgIpc) is 2.46. The van der Waals surface area contributed by atoms with Crippen LogP contribution in [-0.2, 0) is 0 Å². The molecule has 7 nitrogen and oxygen atoms in total. The Bertz CT molecular complexity index is 555. The Morgan fingerprint density at radius 1 is 1.57 bits per heavy atom. The lowest BCUT2D eigenvalue weighted by Crippen LogP contribution is -3.09. The average molecular weight is 316 g/mol. The fourth-order valence-electron chi connectivity index (χ4n) is 1.94. The number of carbonyl (C=O) groups is 1. The van der Waals surface area contributed by atoms with Crippen LogP contribution in [0.1, 0.15) is 24.2 Å². The molecule has 1 aliphatic heterocycles. The van der Waals surface area contributed by atoms with Gasteiger partial charge in [0.15, 0.2) is 17.1 Å². The molecule has 1 aromatic rings. The van der Waals surface area contributed by atoms with Gasteiger partial charge in [-0.3, -0.25) is 0 Å². The van der Waals surface area contributed by atoms with E-state index in [1.165, 1.54) is 6.07 Å². The zero-order valence-corrected chi connectivity index (χ0v) is 12.4. The molecule has 0 spiro atoms. The van der Waals surface area contributed by atoms with Gasteiger partial charge in [-0.1, -0.05) is 11.6 Å². The first kappa shape index (κ1) is 15.9. The number of hydrogen-bond donors (Lipinski definition) is 2. The molecule has 2 N–H and O–H groups in total. The van der Waals surface area contributed by atoms with E-state index in [0.29, 0.717) is 0 Å². The van der Waals surface area contributed by atoms with Gasteiger partial charge in [0.1, 0.15) is 12.3 Å². The number of nitrogens with one attached hydrogen (secondary N) is 1. The second kappa shape index (κ2) is 6.53. The highest BCUT2D eigenvalue weighted by atomic mass is 35.5. The predicted molar refractivity (Wildman–Crippen MR) is 75.9 cm³/mol. The maximum absolute atomic E-state index is 12.3. The molecule has 0 aliphatic carbocycles. The van der Waals surface area contributed by atoms with Crippen LogP contribution in [0.3, 0.4) is 0 Å². The molecular weight excluding hydrogens is 300 g/mol. The van der Waals surface area contributed by atoms with Crippen molar-refractivity contribution in [3.05, 3.63) is 21.9 Å². The van der Waals surface area contributed by atoms with Crippen LogP contribution in [-0.4, -0.2) is 37.7 Å². The first-order valence-electron chi connectivity index (χ1n) is 6.53. The summed E-state index contributed by atoms with van der Waals surface area (Å²) in [6.07, 6.45) is 0. The van der Waals surface area contributed by atoms with Crippen LogP contribution in [0, 0.1) is 5.21 Å². The van der Waals surface area contributed by atoms with Crippen LogP contribution >= 0.6 is 11.6 Å². The summed E-state index contributed by atoms with van der Waals surface area (Å²) < 4.78 is 15.9. The molecule has 1 aromatic carbocycles. The number of quaternary nitrogens is 1. The van der Waals surface area contributed by atoms with Crippen molar-refractivity contribution < 1.29 is 29.0 Å². The third kappa shape index (κ3) is 3.08. The van der Waals surface area contributed by atoms with Crippen LogP contribution < -0.4 is 19.2 Å². The fraction of sp³-hybridized carbons (Fsp3) is 0.417. The largest absolute Gasteiger partial charge is 0.626 e. The van der Waals surface area contributed by atoms with Crippen LogP contribution in [0.15, 0.2) is 6.07 Å². The Hall–Kier alpha value is -1.48. The lowest BCUT2D eigenvalue weighted by Gasteiger charge is -2.26. The van der Waals surface area contributed by atoms with Crippen LogP contribution in [0.5, 0.6) is 17.2 Å². The van der Waals surface area contributed by atoms with Crippen molar-refractivity contribution in [2.24, 2.45) is 0 Å². The van der Waals surface area contributed by atoms with E-state index in [1.807, 2.05) is 0 Å². The van der Waals surface area contributed by atoms with Crippen LogP contribution in [0.4, 0.5) is 0 Å². The highest BCUT2D eigenvalue weighted by Gasteiger charge is 2.35. The molecule has 2 rings (SSSR count). The topological polar surface area (TPSA) is 92.5 Å². The van der Waals surface area contributed by atoms with E-state index in [0.717, 1.165) is 0 Å². The second-order valence-electron chi connectivity index (χ2n) is 4.31. The van der Waals surface area contributed by atoms with Crippen molar-refractivity contribution in [1.29, 1.82) is 0 Å². The van der Waals surface area contributed by atoms with Gasteiger partial charge in [0.05, 0.1) is 18.2 Å². The summed E-state index contributed by atoms with van der Waals surface area (Å²) in [5, 5.41) is 20.9. The van der Waals surface area contributed by atoms with E-state index in [1.54, 1.807) is 13.8 Å². The van der Waals surface area contributed by atoms with E-state index in [-0.39, 0.29) is 47.5 Å². The molecule has 1 aliphatic rings. The van der Waals surface area contributed by atoms with Gasteiger partial charge < -0.3 is 29.4 Å². The normalized spacial score (nSPS) is 14.8. The Morgan fingerprint density at radius 2 is 2.29 bits per heavy atom. The number of fused-ring (bicyclic) bond motifs is 1. The molecule has 0 radical (unpaired) electrons. The molecule has 0 fully saturated rings. The van der Waals surface area contributed by atoms with Gasteiger partial charge in [0.25, 0.3) is 0 Å². The minimum Gasteiger partial charge on any atom is -0.626 e.